The summed E-state index contributed by atoms with van der Waals surface area (Å²) in [5.74, 6) is -0.432. The Hall–Kier alpha value is -5.74. The molecule has 5 aromatic rings. The zero-order valence-electron chi connectivity index (χ0n) is 27.4. The third kappa shape index (κ3) is 9.70. The van der Waals surface area contributed by atoms with E-state index in [0.29, 0.717) is 42.0 Å². The number of amides is 1. The van der Waals surface area contributed by atoms with E-state index < -0.39 is 20.7 Å². The maximum absolute atomic E-state index is 12.8. The van der Waals surface area contributed by atoms with Gasteiger partial charge in [-0.1, -0.05) is 54.1 Å². The van der Waals surface area contributed by atoms with Crippen molar-refractivity contribution in [2.24, 2.45) is 0 Å². The van der Waals surface area contributed by atoms with Gasteiger partial charge in [0.05, 0.1) is 47.1 Å². The van der Waals surface area contributed by atoms with Crippen LogP contribution in [0.4, 0.5) is 23.1 Å². The number of carbonyl (C=O) groups is 2. The molecule has 3 N–H and O–H groups in total. The van der Waals surface area contributed by atoms with Crippen LogP contribution in [-0.4, -0.2) is 55.7 Å². The van der Waals surface area contributed by atoms with E-state index in [0.717, 1.165) is 12.0 Å². The van der Waals surface area contributed by atoms with Gasteiger partial charge in [0.15, 0.2) is 5.82 Å². The fraction of sp³-hybridized carbons (Fsp3) is 0.235. The van der Waals surface area contributed by atoms with Gasteiger partial charge >= 0.3 is 16.9 Å². The Morgan fingerprint density at radius 1 is 0.922 bits per heavy atom. The Morgan fingerprint density at radius 3 is 2.37 bits per heavy atom. The van der Waals surface area contributed by atoms with Gasteiger partial charge in [-0.15, -0.1) is 0 Å². The van der Waals surface area contributed by atoms with Crippen molar-refractivity contribution in [1.82, 2.24) is 20.4 Å². The minimum absolute atomic E-state index is 0.0807. The first-order valence-corrected chi connectivity index (χ1v) is 17.7. The highest BCUT2D eigenvalue weighted by Crippen LogP contribution is 2.28. The summed E-state index contributed by atoms with van der Waals surface area (Å²) in [5.41, 5.74) is 2.40. The first kappa shape index (κ1) is 36.5. The summed E-state index contributed by atoms with van der Waals surface area (Å²) in [5, 5.41) is 23.8. The van der Waals surface area contributed by atoms with Gasteiger partial charge in [-0.2, -0.15) is 4.98 Å². The summed E-state index contributed by atoms with van der Waals surface area (Å²) in [6.07, 6.45) is 4.16. The highest BCUT2D eigenvalue weighted by Gasteiger charge is 2.35. The molecule has 0 aliphatic carbocycles. The number of esters is 1. The van der Waals surface area contributed by atoms with Gasteiger partial charge in [0.2, 0.25) is 5.95 Å². The zero-order chi connectivity index (χ0) is 36.2. The largest absolute Gasteiger partial charge is 0.465 e. The lowest BCUT2D eigenvalue weighted by Crippen LogP contribution is -2.30. The molecule has 1 amide bonds. The Morgan fingerprint density at radius 2 is 1.63 bits per heavy atom. The van der Waals surface area contributed by atoms with Crippen molar-refractivity contribution < 1.29 is 37.0 Å². The molecule has 0 atom stereocenters. The van der Waals surface area contributed by atoms with E-state index in [1.165, 1.54) is 30.5 Å². The van der Waals surface area contributed by atoms with E-state index in [-0.39, 0.29) is 52.3 Å². The number of anilines is 4. The summed E-state index contributed by atoms with van der Waals surface area (Å²) >= 11 is 6.32. The average Bonchev–Trinajstić information content (AvgIpc) is 3.52. The minimum atomic E-state index is -4.18. The molecule has 5 rings (SSSR count). The molecule has 2 heterocycles. The van der Waals surface area contributed by atoms with E-state index >= 15 is 0 Å². The molecule has 0 spiro atoms. The fourth-order valence-electron chi connectivity index (χ4n) is 4.77. The van der Waals surface area contributed by atoms with Crippen LogP contribution in [0.5, 0.6) is 5.88 Å². The highest BCUT2D eigenvalue weighted by molar-refractivity contribution is 7.91. The number of halogens is 1. The minimum Gasteiger partial charge on any atom is -0.465 e. The molecule has 0 saturated carbocycles. The smallest absolute Gasteiger partial charge is 0.414 e. The molecule has 0 aliphatic heterocycles. The van der Waals surface area contributed by atoms with Crippen molar-refractivity contribution in [2.75, 3.05) is 30.9 Å². The van der Waals surface area contributed by atoms with Crippen LogP contribution in [0.25, 0.3) is 0 Å². The van der Waals surface area contributed by atoms with E-state index in [1.54, 1.807) is 61.6 Å². The van der Waals surface area contributed by atoms with Gasteiger partial charge in [-0.05, 0) is 72.5 Å². The second-order valence-corrected chi connectivity index (χ2v) is 13.3. The van der Waals surface area contributed by atoms with E-state index in [9.17, 15) is 23.2 Å². The molecule has 51 heavy (non-hydrogen) atoms. The monoisotopic (exact) mass is 735 g/mol. The van der Waals surface area contributed by atoms with Crippen LogP contribution in [0, 0.1) is 5.21 Å². The molecule has 3 aromatic carbocycles. The quantitative estimate of drug-likeness (QED) is 0.0643. The van der Waals surface area contributed by atoms with Gasteiger partial charge in [-0.3, -0.25) is 14.2 Å². The lowest BCUT2D eigenvalue weighted by molar-refractivity contribution is -0.832. The van der Waals surface area contributed by atoms with E-state index in [1.807, 2.05) is 0 Å². The number of nitrogens with zero attached hydrogens (tertiary/aromatic N) is 4. The molecule has 0 fully saturated rings. The topological polar surface area (TPSA) is 202 Å². The Labute approximate surface area is 298 Å². The number of sulfone groups is 1. The standard InChI is InChI=1S/C34H34ClN7O8S/c1-36-31(44)26-13-7-8-14-28(26)39-30-27(35)22-37-34(40-30)38-24-17-15-23(16-18-24)21-29(43)48-19-9-2-3-10-20-49-32-33(42(45)50-41-32)51(46,47)25-11-5-4-6-12-25/h4-8,11-18,22H,2-3,9-10,19-21H2,1H3,(H,36,44)(H2,37,38,39,40). The normalized spacial score (nSPS) is 11.1. The lowest BCUT2D eigenvalue weighted by Gasteiger charge is -2.13. The number of nitrogens with one attached hydrogen (secondary N) is 3. The van der Waals surface area contributed by atoms with Crippen LogP contribution < -0.4 is 25.6 Å². The number of carbonyl (C=O) groups excluding carboxylic acids is 2. The zero-order valence-corrected chi connectivity index (χ0v) is 28.9. The van der Waals surface area contributed by atoms with Crippen LogP contribution in [0.1, 0.15) is 41.6 Å². The van der Waals surface area contributed by atoms with Gasteiger partial charge in [0, 0.05) is 12.7 Å². The second kappa shape index (κ2) is 17.3. The average molecular weight is 736 g/mol. The number of para-hydroxylation sites is 1. The van der Waals surface area contributed by atoms with Crippen molar-refractivity contribution in [2.45, 2.75) is 42.0 Å². The summed E-state index contributed by atoms with van der Waals surface area (Å²) < 4.78 is 41.0. The first-order valence-electron chi connectivity index (χ1n) is 15.8. The molecule has 0 saturated heterocycles. The Kier molecular flexibility index (Phi) is 12.4. The van der Waals surface area contributed by atoms with Crippen LogP contribution in [0.3, 0.4) is 0 Å². The van der Waals surface area contributed by atoms with Gasteiger partial charge in [0.1, 0.15) is 5.02 Å². The molecule has 17 heteroatoms. The summed E-state index contributed by atoms with van der Waals surface area (Å²) in [6, 6.07) is 21.6. The maximum atomic E-state index is 12.8. The van der Waals surface area contributed by atoms with E-state index in [2.05, 4.69) is 35.7 Å². The lowest BCUT2D eigenvalue weighted by atomic mass is 10.1. The van der Waals surface area contributed by atoms with E-state index in [4.69, 9.17) is 21.1 Å². The predicted octanol–water partition coefficient (Wildman–Crippen LogP) is 5.16. The second-order valence-electron chi connectivity index (χ2n) is 11.0. The Balaban J connectivity index is 1.01. The van der Waals surface area contributed by atoms with Gasteiger partial charge < -0.3 is 30.6 Å². The molecular weight excluding hydrogens is 702 g/mol. The molecule has 15 nitrogen and oxygen atoms in total. The van der Waals surface area contributed by atoms with Crippen LogP contribution in [0.15, 0.2) is 99.6 Å². The van der Waals surface area contributed by atoms with Crippen molar-refractivity contribution in [3.05, 3.63) is 106 Å². The summed E-state index contributed by atoms with van der Waals surface area (Å²) in [7, 11) is -2.63. The molecule has 266 valence electrons. The number of hydrogen-bond acceptors (Lipinski definition) is 13. The number of hydrogen-bond donors (Lipinski definition) is 3. The number of aromatic nitrogens is 4. The molecule has 0 aliphatic rings. The number of ether oxygens (including phenoxy) is 2. The molecule has 0 radical (unpaired) electrons. The predicted molar refractivity (Wildman–Crippen MR) is 186 cm³/mol. The molecular formula is C34H34ClN7O8S. The SMILES string of the molecule is CNC(=O)c1ccccc1Nc1nc(Nc2ccc(CC(=O)OCCCCCCOc3no[n+]([O-])c3S(=O)(=O)c3ccccc3)cc2)ncc1Cl. The first-order chi connectivity index (χ1) is 24.7. The van der Waals surface area contributed by atoms with Gasteiger partial charge in [0.25, 0.3) is 15.7 Å². The summed E-state index contributed by atoms with van der Waals surface area (Å²) in [4.78, 5) is 33.0. The molecule has 2 aromatic heterocycles. The van der Waals surface area contributed by atoms with Crippen LogP contribution in [0.2, 0.25) is 5.02 Å². The third-order valence-corrected chi connectivity index (χ3v) is 9.35. The Bertz CT molecular complexity index is 2060. The molecule has 0 bridgehead atoms. The van der Waals surface area contributed by atoms with Crippen molar-refractivity contribution >= 4 is 56.5 Å². The number of benzene rings is 3. The highest BCUT2D eigenvalue weighted by atomic mass is 35.5. The molecule has 0 unspecified atom stereocenters. The van der Waals surface area contributed by atoms with Crippen LogP contribution in [-0.2, 0) is 25.8 Å². The third-order valence-electron chi connectivity index (χ3n) is 7.35. The fourth-order valence-corrected chi connectivity index (χ4v) is 6.21. The van der Waals surface area contributed by atoms with Gasteiger partial charge in [-0.25, -0.2) is 13.4 Å². The number of rotatable bonds is 17. The van der Waals surface area contributed by atoms with Crippen molar-refractivity contribution in [3.8, 4) is 5.88 Å². The maximum Gasteiger partial charge on any atom is 0.414 e. The summed E-state index contributed by atoms with van der Waals surface area (Å²) in [6.45, 7) is 0.362. The number of unbranched alkanes of at least 4 members (excludes halogenated alkanes) is 3. The van der Waals surface area contributed by atoms with Crippen molar-refractivity contribution in [3.63, 3.8) is 0 Å². The van der Waals surface area contributed by atoms with Crippen molar-refractivity contribution in [1.29, 1.82) is 0 Å². The van der Waals surface area contributed by atoms with Crippen LogP contribution >= 0.6 is 11.6 Å².